The lowest BCUT2D eigenvalue weighted by molar-refractivity contribution is 1.22. The maximum absolute atomic E-state index is 5.74. The summed E-state index contributed by atoms with van der Waals surface area (Å²) in [5.41, 5.74) is 7.38. The number of aromatic amines is 1. The number of hydrogen-bond acceptors (Lipinski definition) is 3. The molecule has 0 fully saturated rings. The number of nitrogens with two attached hydrogens (primary N) is 1. The molecule has 0 amide bonds. The molecule has 0 unspecified atom stereocenters. The number of nitrogens with one attached hydrogen (secondary N) is 1. The largest absolute Gasteiger partial charge is 0.382 e. The van der Waals surface area contributed by atoms with E-state index in [0.29, 0.717) is 5.84 Å². The molecule has 16 heavy (non-hydrogen) atoms. The van der Waals surface area contributed by atoms with Crippen LogP contribution in [0.5, 0.6) is 0 Å². The van der Waals surface area contributed by atoms with Crippen LogP contribution >= 0.6 is 0 Å². The van der Waals surface area contributed by atoms with Crippen molar-refractivity contribution in [3.05, 3.63) is 54.1 Å². The first-order valence-electron chi connectivity index (χ1n) is 4.76. The van der Waals surface area contributed by atoms with Crippen molar-refractivity contribution < 1.29 is 0 Å². The van der Waals surface area contributed by atoms with Gasteiger partial charge in [0.25, 0.3) is 0 Å². The Morgan fingerprint density at radius 1 is 1.31 bits per heavy atom. The van der Waals surface area contributed by atoms with Crippen molar-refractivity contribution in [3.63, 3.8) is 0 Å². The predicted octanol–water partition coefficient (Wildman–Crippen LogP) is 1.15. The predicted molar refractivity (Wildman–Crippen MR) is 63.3 cm³/mol. The van der Waals surface area contributed by atoms with Crippen LogP contribution in [0.15, 0.2) is 53.1 Å². The molecule has 5 nitrogen and oxygen atoms in total. The van der Waals surface area contributed by atoms with Crippen molar-refractivity contribution in [1.29, 1.82) is 0 Å². The van der Waals surface area contributed by atoms with E-state index < -0.39 is 0 Å². The Morgan fingerprint density at radius 3 is 2.81 bits per heavy atom. The highest BCUT2D eigenvalue weighted by Gasteiger charge is 1.94. The first-order chi connectivity index (χ1) is 7.86. The SMILES string of the molecule is NC(=NN=Cc1cnc[nH]1)c1ccccc1. The van der Waals surface area contributed by atoms with E-state index in [1.54, 1.807) is 18.7 Å². The molecule has 0 radical (unpaired) electrons. The lowest BCUT2D eigenvalue weighted by Crippen LogP contribution is -2.12. The normalized spacial score (nSPS) is 12.1. The molecule has 2 aromatic rings. The zero-order valence-electron chi connectivity index (χ0n) is 8.54. The van der Waals surface area contributed by atoms with E-state index in [0.717, 1.165) is 11.3 Å². The van der Waals surface area contributed by atoms with Gasteiger partial charge in [-0.1, -0.05) is 30.3 Å². The molecule has 2 rings (SSSR count). The highest BCUT2D eigenvalue weighted by atomic mass is 15.2. The molecule has 0 bridgehead atoms. The van der Waals surface area contributed by atoms with Gasteiger partial charge in [0, 0.05) is 5.56 Å². The average Bonchev–Trinajstić information content (AvgIpc) is 2.83. The summed E-state index contributed by atoms with van der Waals surface area (Å²) in [6, 6.07) is 9.48. The topological polar surface area (TPSA) is 79.4 Å². The highest BCUT2D eigenvalue weighted by Crippen LogP contribution is 1.97. The van der Waals surface area contributed by atoms with Crippen LogP contribution in [-0.2, 0) is 0 Å². The molecule has 3 N–H and O–H groups in total. The minimum Gasteiger partial charge on any atom is -0.382 e. The third-order valence-electron chi connectivity index (χ3n) is 1.95. The van der Waals surface area contributed by atoms with E-state index in [-0.39, 0.29) is 0 Å². The molecule has 0 atom stereocenters. The fourth-order valence-corrected chi connectivity index (χ4v) is 1.16. The molecule has 0 saturated heterocycles. The number of hydrogen-bond donors (Lipinski definition) is 2. The molecule has 1 aromatic carbocycles. The Balaban J connectivity index is 2.08. The summed E-state index contributed by atoms with van der Waals surface area (Å²) < 4.78 is 0. The number of H-pyrrole nitrogens is 1. The number of nitrogens with zero attached hydrogens (tertiary/aromatic N) is 3. The van der Waals surface area contributed by atoms with E-state index in [4.69, 9.17) is 5.73 Å². The van der Waals surface area contributed by atoms with E-state index in [1.807, 2.05) is 30.3 Å². The molecule has 80 valence electrons. The van der Waals surface area contributed by atoms with Gasteiger partial charge in [-0.3, -0.25) is 0 Å². The van der Waals surface area contributed by atoms with Crippen LogP contribution in [0.2, 0.25) is 0 Å². The third-order valence-corrected chi connectivity index (χ3v) is 1.95. The monoisotopic (exact) mass is 213 g/mol. The summed E-state index contributed by atoms with van der Waals surface area (Å²) in [4.78, 5) is 6.73. The zero-order chi connectivity index (χ0) is 11.2. The first-order valence-corrected chi connectivity index (χ1v) is 4.76. The van der Waals surface area contributed by atoms with E-state index in [1.165, 1.54) is 0 Å². The lowest BCUT2D eigenvalue weighted by Gasteiger charge is -1.95. The fourth-order valence-electron chi connectivity index (χ4n) is 1.16. The summed E-state index contributed by atoms with van der Waals surface area (Å²) in [5, 5.41) is 7.74. The molecule has 1 aromatic heterocycles. The Bertz CT molecular complexity index is 484. The average molecular weight is 213 g/mol. The molecule has 0 saturated carbocycles. The van der Waals surface area contributed by atoms with Gasteiger partial charge in [0.05, 0.1) is 24.4 Å². The van der Waals surface area contributed by atoms with Gasteiger partial charge in [-0.2, -0.15) is 5.10 Å². The Hall–Kier alpha value is -2.43. The van der Waals surface area contributed by atoms with Crippen LogP contribution < -0.4 is 5.73 Å². The van der Waals surface area contributed by atoms with Gasteiger partial charge in [-0.25, -0.2) is 4.98 Å². The van der Waals surface area contributed by atoms with Crippen LogP contribution in [0, 0.1) is 0 Å². The van der Waals surface area contributed by atoms with Crippen LogP contribution in [0.1, 0.15) is 11.3 Å². The minimum atomic E-state index is 0.386. The van der Waals surface area contributed by atoms with Crippen LogP contribution in [0.4, 0.5) is 0 Å². The second kappa shape index (κ2) is 4.88. The van der Waals surface area contributed by atoms with Gasteiger partial charge in [0.2, 0.25) is 0 Å². The smallest absolute Gasteiger partial charge is 0.153 e. The van der Waals surface area contributed by atoms with Crippen molar-refractivity contribution in [2.45, 2.75) is 0 Å². The van der Waals surface area contributed by atoms with E-state index in [9.17, 15) is 0 Å². The number of imidazole rings is 1. The molecular weight excluding hydrogens is 202 g/mol. The highest BCUT2D eigenvalue weighted by molar-refractivity contribution is 5.97. The summed E-state index contributed by atoms with van der Waals surface area (Å²) in [6.45, 7) is 0. The zero-order valence-corrected chi connectivity index (χ0v) is 8.54. The summed E-state index contributed by atoms with van der Waals surface area (Å²) in [5.74, 6) is 0.386. The Morgan fingerprint density at radius 2 is 2.12 bits per heavy atom. The van der Waals surface area contributed by atoms with Gasteiger partial charge in [0.1, 0.15) is 0 Å². The van der Waals surface area contributed by atoms with Crippen molar-refractivity contribution in [2.24, 2.45) is 15.9 Å². The Labute approximate surface area is 92.7 Å². The molecule has 1 heterocycles. The van der Waals surface area contributed by atoms with Crippen LogP contribution in [0.3, 0.4) is 0 Å². The van der Waals surface area contributed by atoms with Crippen molar-refractivity contribution >= 4 is 12.1 Å². The number of aromatic nitrogens is 2. The standard InChI is InChI=1S/C11H11N5/c12-11(9-4-2-1-3-5-9)16-15-7-10-6-13-8-14-10/h1-8H,(H2,12,16)(H,13,14). The van der Waals surface area contributed by atoms with Gasteiger partial charge < -0.3 is 10.7 Å². The number of benzene rings is 1. The first kappa shape index (κ1) is 10.1. The molecule has 0 aliphatic carbocycles. The van der Waals surface area contributed by atoms with Crippen LogP contribution in [-0.4, -0.2) is 22.0 Å². The van der Waals surface area contributed by atoms with Gasteiger partial charge in [-0.05, 0) is 0 Å². The van der Waals surface area contributed by atoms with Crippen LogP contribution in [0.25, 0.3) is 0 Å². The second-order valence-electron chi connectivity index (χ2n) is 3.10. The second-order valence-corrected chi connectivity index (χ2v) is 3.10. The quantitative estimate of drug-likeness (QED) is 0.455. The fraction of sp³-hybridized carbons (Fsp3) is 0. The molecule has 0 aliphatic rings. The minimum absolute atomic E-state index is 0.386. The lowest BCUT2D eigenvalue weighted by atomic mass is 10.2. The van der Waals surface area contributed by atoms with Gasteiger partial charge in [-0.15, -0.1) is 5.10 Å². The van der Waals surface area contributed by atoms with Crippen molar-refractivity contribution in [3.8, 4) is 0 Å². The maximum atomic E-state index is 5.74. The van der Waals surface area contributed by atoms with Crippen molar-refractivity contribution in [2.75, 3.05) is 0 Å². The maximum Gasteiger partial charge on any atom is 0.153 e. The Kier molecular flexibility index (Phi) is 3.08. The summed E-state index contributed by atoms with van der Waals surface area (Å²) >= 11 is 0. The third kappa shape index (κ3) is 2.54. The summed E-state index contributed by atoms with van der Waals surface area (Å²) in [6.07, 6.45) is 4.78. The molecule has 5 heteroatoms. The van der Waals surface area contributed by atoms with E-state index in [2.05, 4.69) is 20.2 Å². The van der Waals surface area contributed by atoms with E-state index >= 15 is 0 Å². The molecule has 0 spiro atoms. The summed E-state index contributed by atoms with van der Waals surface area (Å²) in [7, 11) is 0. The number of amidine groups is 1. The number of rotatable bonds is 3. The molecular formula is C11H11N5. The van der Waals surface area contributed by atoms with Gasteiger partial charge >= 0.3 is 0 Å². The van der Waals surface area contributed by atoms with Crippen molar-refractivity contribution in [1.82, 2.24) is 9.97 Å². The van der Waals surface area contributed by atoms with Gasteiger partial charge in [0.15, 0.2) is 5.84 Å². The molecule has 0 aliphatic heterocycles.